The molecule has 0 spiro atoms. The molecule has 1 N–H and O–H groups in total. The van der Waals surface area contributed by atoms with E-state index >= 15 is 0 Å². The molecule has 0 aliphatic carbocycles. The minimum Gasteiger partial charge on any atom is -0.493 e. The second kappa shape index (κ2) is 7.17. The lowest BCUT2D eigenvalue weighted by atomic mass is 9.99. The molecule has 1 fully saturated rings. The van der Waals surface area contributed by atoms with Crippen LogP contribution in [0.5, 0.6) is 5.75 Å². The molecule has 6 nitrogen and oxygen atoms in total. The molecule has 0 amide bonds. The summed E-state index contributed by atoms with van der Waals surface area (Å²) in [6.07, 6.45) is 1.61. The molecule has 136 valence electrons. The predicted octanol–water partition coefficient (Wildman–Crippen LogP) is 2.81. The summed E-state index contributed by atoms with van der Waals surface area (Å²) < 4.78 is 33.1. The van der Waals surface area contributed by atoms with E-state index in [-0.39, 0.29) is 0 Å². The van der Waals surface area contributed by atoms with Gasteiger partial charge >= 0.3 is 0 Å². The third kappa shape index (κ3) is 3.88. The Kier molecular flexibility index (Phi) is 5.15. The van der Waals surface area contributed by atoms with Gasteiger partial charge in [-0.1, -0.05) is 12.1 Å². The van der Waals surface area contributed by atoms with E-state index in [1.54, 1.807) is 18.2 Å². The second-order valence-corrected chi connectivity index (χ2v) is 8.61. The minimum atomic E-state index is -3.48. The van der Waals surface area contributed by atoms with Gasteiger partial charge in [0.2, 0.25) is 10.0 Å². The van der Waals surface area contributed by atoms with Crippen LogP contribution in [0.3, 0.4) is 0 Å². The van der Waals surface area contributed by atoms with Crippen molar-refractivity contribution in [2.24, 2.45) is 5.92 Å². The number of ether oxygens (including phenoxy) is 1. The lowest BCUT2D eigenvalue weighted by Crippen LogP contribution is -2.40. The van der Waals surface area contributed by atoms with Gasteiger partial charge in [0.25, 0.3) is 0 Å². The van der Waals surface area contributed by atoms with E-state index in [0.717, 1.165) is 18.6 Å². The molecule has 2 heterocycles. The predicted molar refractivity (Wildman–Crippen MR) is 96.2 cm³/mol. The van der Waals surface area contributed by atoms with Crippen LogP contribution in [0.1, 0.15) is 29.8 Å². The number of H-pyrrole nitrogens is 1. The number of hydrogen-bond donors (Lipinski definition) is 1. The number of rotatable bonds is 5. The molecule has 3 rings (SSSR count). The molecule has 0 bridgehead atoms. The first-order valence-electron chi connectivity index (χ1n) is 8.59. The number of aromatic amines is 1. The fourth-order valence-corrected chi connectivity index (χ4v) is 5.09. The zero-order chi connectivity index (χ0) is 18.0. The van der Waals surface area contributed by atoms with E-state index in [9.17, 15) is 8.42 Å². The van der Waals surface area contributed by atoms with E-state index in [2.05, 4.69) is 10.2 Å². The zero-order valence-electron chi connectivity index (χ0n) is 14.9. The summed E-state index contributed by atoms with van der Waals surface area (Å²) in [5.74, 6) is 1.25. The van der Waals surface area contributed by atoms with Crippen molar-refractivity contribution in [2.45, 2.75) is 38.5 Å². The molecule has 1 aromatic heterocycles. The number of aryl methyl sites for hydroxylation is 3. The zero-order valence-corrected chi connectivity index (χ0v) is 15.8. The van der Waals surface area contributed by atoms with Gasteiger partial charge in [0.05, 0.1) is 18.0 Å². The van der Waals surface area contributed by atoms with Crippen LogP contribution in [0.2, 0.25) is 0 Å². The molecular formula is C18H25N3O3S. The molecule has 1 aliphatic rings. The average Bonchev–Trinajstić information content (AvgIpc) is 2.93. The van der Waals surface area contributed by atoms with E-state index < -0.39 is 10.0 Å². The Morgan fingerprint density at radius 3 is 2.56 bits per heavy atom. The van der Waals surface area contributed by atoms with E-state index in [1.807, 2.05) is 31.2 Å². The highest BCUT2D eigenvalue weighted by Crippen LogP contribution is 2.27. The molecule has 7 heteroatoms. The van der Waals surface area contributed by atoms with Gasteiger partial charge < -0.3 is 4.74 Å². The number of aromatic nitrogens is 2. The van der Waals surface area contributed by atoms with Gasteiger partial charge in [-0.15, -0.1) is 0 Å². The number of nitrogens with zero attached hydrogens (tertiary/aromatic N) is 2. The van der Waals surface area contributed by atoms with Crippen molar-refractivity contribution in [1.82, 2.24) is 14.5 Å². The summed E-state index contributed by atoms with van der Waals surface area (Å²) in [6, 6.07) is 7.99. The summed E-state index contributed by atoms with van der Waals surface area (Å²) in [7, 11) is -3.48. The fraction of sp³-hybridized carbons (Fsp3) is 0.500. The normalized spacial score (nSPS) is 16.9. The van der Waals surface area contributed by atoms with Crippen molar-refractivity contribution < 1.29 is 13.2 Å². The quantitative estimate of drug-likeness (QED) is 0.886. The molecule has 1 aliphatic heterocycles. The molecule has 1 aromatic carbocycles. The van der Waals surface area contributed by atoms with Gasteiger partial charge in [-0.2, -0.15) is 9.40 Å². The first-order chi connectivity index (χ1) is 11.9. The Morgan fingerprint density at radius 1 is 1.24 bits per heavy atom. The molecule has 1 saturated heterocycles. The van der Waals surface area contributed by atoms with Crippen LogP contribution in [-0.4, -0.2) is 42.6 Å². The summed E-state index contributed by atoms with van der Waals surface area (Å²) in [5.41, 5.74) is 2.30. The van der Waals surface area contributed by atoms with Crippen LogP contribution in [0.4, 0.5) is 0 Å². The maximum Gasteiger partial charge on any atom is 0.246 e. The van der Waals surface area contributed by atoms with Gasteiger partial charge in [0.1, 0.15) is 10.6 Å². The lowest BCUT2D eigenvalue weighted by Gasteiger charge is -2.31. The van der Waals surface area contributed by atoms with Crippen molar-refractivity contribution in [1.29, 1.82) is 0 Å². The molecule has 0 saturated carbocycles. The lowest BCUT2D eigenvalue weighted by molar-refractivity contribution is 0.185. The Morgan fingerprint density at radius 2 is 1.96 bits per heavy atom. The Bertz CT molecular complexity index is 818. The van der Waals surface area contributed by atoms with Gasteiger partial charge in [0.15, 0.2) is 0 Å². The topological polar surface area (TPSA) is 75.3 Å². The van der Waals surface area contributed by atoms with E-state index in [1.165, 1.54) is 5.56 Å². The SMILES string of the molecule is Cc1cccc(OCC2CCN(S(=O)(=O)c3c(C)n[nH]c3C)CC2)c1. The van der Waals surface area contributed by atoms with Gasteiger partial charge in [-0.3, -0.25) is 5.10 Å². The highest BCUT2D eigenvalue weighted by molar-refractivity contribution is 7.89. The van der Waals surface area contributed by atoms with Crippen molar-refractivity contribution in [3.8, 4) is 5.75 Å². The number of benzene rings is 1. The summed E-state index contributed by atoms with van der Waals surface area (Å²) in [5, 5.41) is 6.77. The van der Waals surface area contributed by atoms with Crippen LogP contribution in [0, 0.1) is 26.7 Å². The second-order valence-electron chi connectivity index (χ2n) is 6.74. The summed E-state index contributed by atoms with van der Waals surface area (Å²) in [4.78, 5) is 0.321. The average molecular weight is 363 g/mol. The van der Waals surface area contributed by atoms with Crippen molar-refractivity contribution in [3.63, 3.8) is 0 Å². The van der Waals surface area contributed by atoms with Crippen LogP contribution in [0.25, 0.3) is 0 Å². The van der Waals surface area contributed by atoms with Crippen molar-refractivity contribution in [2.75, 3.05) is 19.7 Å². The largest absolute Gasteiger partial charge is 0.493 e. The molecular weight excluding hydrogens is 338 g/mol. The van der Waals surface area contributed by atoms with Crippen LogP contribution >= 0.6 is 0 Å². The summed E-state index contributed by atoms with van der Waals surface area (Å²) >= 11 is 0. The van der Waals surface area contributed by atoms with Crippen LogP contribution in [0.15, 0.2) is 29.2 Å². The van der Waals surface area contributed by atoms with Gasteiger partial charge in [-0.05, 0) is 57.2 Å². The third-order valence-corrected chi connectivity index (χ3v) is 6.87. The standard InChI is InChI=1S/C18H25N3O3S/c1-13-5-4-6-17(11-13)24-12-16-7-9-21(10-8-16)25(22,23)18-14(2)19-20-15(18)3/h4-6,11,16H,7-10,12H2,1-3H3,(H,19,20). The van der Waals surface area contributed by atoms with Gasteiger partial charge in [0, 0.05) is 13.1 Å². The summed E-state index contributed by atoms with van der Waals surface area (Å²) in [6.45, 7) is 7.17. The maximum absolute atomic E-state index is 12.8. The van der Waals surface area contributed by atoms with Crippen molar-refractivity contribution in [3.05, 3.63) is 41.2 Å². The minimum absolute atomic E-state index is 0.321. The fourth-order valence-electron chi connectivity index (χ4n) is 3.29. The monoisotopic (exact) mass is 363 g/mol. The molecule has 2 aromatic rings. The van der Waals surface area contributed by atoms with Crippen LogP contribution < -0.4 is 4.74 Å². The highest BCUT2D eigenvalue weighted by Gasteiger charge is 2.32. The number of hydrogen-bond acceptors (Lipinski definition) is 4. The Hall–Kier alpha value is -1.86. The number of piperidine rings is 1. The van der Waals surface area contributed by atoms with E-state index in [4.69, 9.17) is 4.74 Å². The molecule has 25 heavy (non-hydrogen) atoms. The van der Waals surface area contributed by atoms with Gasteiger partial charge in [-0.25, -0.2) is 8.42 Å². The number of nitrogens with one attached hydrogen (secondary N) is 1. The number of sulfonamides is 1. The smallest absolute Gasteiger partial charge is 0.246 e. The Balaban J connectivity index is 1.58. The maximum atomic E-state index is 12.8. The third-order valence-electron chi connectivity index (χ3n) is 4.71. The van der Waals surface area contributed by atoms with Crippen LogP contribution in [-0.2, 0) is 10.0 Å². The first kappa shape index (κ1) is 17.9. The molecule has 0 unspecified atom stereocenters. The van der Waals surface area contributed by atoms with Crippen molar-refractivity contribution >= 4 is 10.0 Å². The Labute approximate surface area is 149 Å². The van der Waals surface area contributed by atoms with E-state index in [0.29, 0.717) is 41.9 Å². The first-order valence-corrected chi connectivity index (χ1v) is 10.0. The highest BCUT2D eigenvalue weighted by atomic mass is 32.2. The molecule has 0 radical (unpaired) electrons. The molecule has 0 atom stereocenters.